The van der Waals surface area contributed by atoms with Crippen LogP contribution in [0, 0.1) is 6.92 Å². The number of aliphatic hydroxyl groups is 1. The molecule has 0 bridgehead atoms. The molecule has 0 radical (unpaired) electrons. The molecule has 1 aromatic carbocycles. The third-order valence-electron chi connectivity index (χ3n) is 2.53. The molecule has 19 heavy (non-hydrogen) atoms. The van der Waals surface area contributed by atoms with Crippen LogP contribution in [0.25, 0.3) is 0 Å². The van der Waals surface area contributed by atoms with Gasteiger partial charge in [-0.2, -0.15) is 0 Å². The Morgan fingerprint density at radius 3 is 2.74 bits per heavy atom. The van der Waals surface area contributed by atoms with Gasteiger partial charge in [-0.3, -0.25) is 0 Å². The Morgan fingerprint density at radius 1 is 1.37 bits per heavy atom. The number of nitrogens with one attached hydrogen (secondary N) is 2. The zero-order valence-corrected chi connectivity index (χ0v) is 11.0. The average molecular weight is 266 g/mol. The number of anilines is 1. The highest BCUT2D eigenvalue weighted by Gasteiger charge is 2.09. The molecule has 0 aliphatic carbocycles. The van der Waals surface area contributed by atoms with E-state index >= 15 is 0 Å². The summed E-state index contributed by atoms with van der Waals surface area (Å²) in [5.74, 6) is -0.455. The van der Waals surface area contributed by atoms with Crippen molar-refractivity contribution in [2.24, 2.45) is 0 Å². The van der Waals surface area contributed by atoms with Gasteiger partial charge in [0, 0.05) is 18.8 Å². The zero-order valence-electron chi connectivity index (χ0n) is 11.0. The van der Waals surface area contributed by atoms with E-state index in [1.54, 1.807) is 18.2 Å². The first-order valence-corrected chi connectivity index (χ1v) is 5.93. The highest BCUT2D eigenvalue weighted by Crippen LogP contribution is 2.17. The van der Waals surface area contributed by atoms with Crippen molar-refractivity contribution in [3.05, 3.63) is 29.3 Å². The number of urea groups is 1. The van der Waals surface area contributed by atoms with Crippen LogP contribution in [-0.4, -0.2) is 37.4 Å². The Labute approximate surface area is 111 Å². The summed E-state index contributed by atoms with van der Waals surface area (Å²) < 4.78 is 4.62. The van der Waals surface area contributed by atoms with Crippen LogP contribution in [0.2, 0.25) is 0 Å². The Balaban J connectivity index is 2.71. The Kier molecular flexibility index (Phi) is 5.81. The number of methoxy groups -OCH3 is 1. The minimum atomic E-state index is -0.455. The number of aryl methyl sites for hydroxylation is 1. The normalized spacial score (nSPS) is 9.84. The van der Waals surface area contributed by atoms with Crippen LogP contribution in [0.4, 0.5) is 10.5 Å². The van der Waals surface area contributed by atoms with E-state index in [0.717, 1.165) is 5.56 Å². The van der Waals surface area contributed by atoms with Gasteiger partial charge in [0.05, 0.1) is 12.7 Å². The summed E-state index contributed by atoms with van der Waals surface area (Å²) in [6, 6.07) is 4.55. The van der Waals surface area contributed by atoms with Crippen LogP contribution in [0.3, 0.4) is 0 Å². The fourth-order valence-electron chi connectivity index (χ4n) is 1.45. The SMILES string of the molecule is COC(=O)c1ccc(C)c(NC(=O)NCCCO)c1. The second-order valence-electron chi connectivity index (χ2n) is 3.98. The molecule has 0 spiro atoms. The molecular weight excluding hydrogens is 248 g/mol. The molecule has 1 aromatic rings. The van der Waals surface area contributed by atoms with Crippen molar-refractivity contribution in [1.82, 2.24) is 5.32 Å². The number of benzene rings is 1. The molecule has 1 rings (SSSR count). The lowest BCUT2D eigenvalue weighted by atomic mass is 10.1. The lowest BCUT2D eigenvalue weighted by molar-refractivity contribution is 0.0600. The number of hydrogen-bond donors (Lipinski definition) is 3. The number of rotatable bonds is 5. The van der Waals surface area contributed by atoms with Crippen molar-refractivity contribution in [1.29, 1.82) is 0 Å². The summed E-state index contributed by atoms with van der Waals surface area (Å²) in [6.45, 7) is 2.24. The van der Waals surface area contributed by atoms with Crippen molar-refractivity contribution < 1.29 is 19.4 Å². The molecule has 104 valence electrons. The van der Waals surface area contributed by atoms with Crippen molar-refractivity contribution >= 4 is 17.7 Å². The molecule has 0 unspecified atom stereocenters. The van der Waals surface area contributed by atoms with E-state index in [0.29, 0.717) is 24.2 Å². The summed E-state index contributed by atoms with van der Waals surface area (Å²) in [5.41, 5.74) is 1.76. The number of aliphatic hydroxyl groups excluding tert-OH is 1. The number of ether oxygens (including phenoxy) is 1. The maximum atomic E-state index is 11.6. The van der Waals surface area contributed by atoms with Gasteiger partial charge in [-0.25, -0.2) is 9.59 Å². The van der Waals surface area contributed by atoms with Crippen LogP contribution < -0.4 is 10.6 Å². The third kappa shape index (κ3) is 4.59. The summed E-state index contributed by atoms with van der Waals surface area (Å²) in [5, 5.41) is 13.9. The molecule has 0 saturated carbocycles. The topological polar surface area (TPSA) is 87.7 Å². The molecule has 0 aromatic heterocycles. The molecule has 0 aliphatic heterocycles. The lowest BCUT2D eigenvalue weighted by Crippen LogP contribution is -2.30. The fourth-order valence-corrected chi connectivity index (χ4v) is 1.45. The summed E-state index contributed by atoms with van der Waals surface area (Å²) >= 11 is 0. The zero-order chi connectivity index (χ0) is 14.3. The highest BCUT2D eigenvalue weighted by molar-refractivity contribution is 5.94. The van der Waals surface area contributed by atoms with E-state index in [9.17, 15) is 9.59 Å². The minimum absolute atomic E-state index is 0.0249. The fraction of sp³-hybridized carbons (Fsp3) is 0.385. The van der Waals surface area contributed by atoms with Crippen molar-refractivity contribution in [2.45, 2.75) is 13.3 Å². The van der Waals surface area contributed by atoms with Crippen LogP contribution >= 0.6 is 0 Å². The molecule has 2 amide bonds. The first-order chi connectivity index (χ1) is 9.08. The van der Waals surface area contributed by atoms with Crippen molar-refractivity contribution in [3.63, 3.8) is 0 Å². The van der Waals surface area contributed by atoms with Gasteiger partial charge >= 0.3 is 12.0 Å². The van der Waals surface area contributed by atoms with Gasteiger partial charge in [0.1, 0.15) is 0 Å². The Bertz CT molecular complexity index is 460. The number of carbonyl (C=O) groups is 2. The first-order valence-electron chi connectivity index (χ1n) is 5.93. The largest absolute Gasteiger partial charge is 0.465 e. The predicted octanol–water partition coefficient (Wildman–Crippen LogP) is 1.29. The predicted molar refractivity (Wildman–Crippen MR) is 71.2 cm³/mol. The molecule has 0 heterocycles. The van der Waals surface area contributed by atoms with Crippen molar-refractivity contribution in [3.8, 4) is 0 Å². The number of amides is 2. The standard InChI is InChI=1S/C13H18N2O4/c1-9-4-5-10(12(17)19-2)8-11(9)15-13(18)14-6-3-7-16/h4-5,8,16H,3,6-7H2,1-2H3,(H2,14,15,18). The lowest BCUT2D eigenvalue weighted by Gasteiger charge is -2.10. The number of carbonyl (C=O) groups excluding carboxylic acids is 2. The highest BCUT2D eigenvalue weighted by atomic mass is 16.5. The monoisotopic (exact) mass is 266 g/mol. The first kappa shape index (κ1) is 15.0. The molecule has 6 heteroatoms. The van der Waals surface area contributed by atoms with Crippen LogP contribution in [0.5, 0.6) is 0 Å². The van der Waals surface area contributed by atoms with Crippen LogP contribution in [0.15, 0.2) is 18.2 Å². The van der Waals surface area contributed by atoms with E-state index in [4.69, 9.17) is 5.11 Å². The minimum Gasteiger partial charge on any atom is -0.465 e. The van der Waals surface area contributed by atoms with E-state index in [2.05, 4.69) is 15.4 Å². The maximum Gasteiger partial charge on any atom is 0.337 e. The molecule has 0 fully saturated rings. The van der Waals surface area contributed by atoms with Gasteiger partial charge in [0.2, 0.25) is 0 Å². The van der Waals surface area contributed by atoms with Gasteiger partial charge < -0.3 is 20.5 Å². The molecule has 6 nitrogen and oxygen atoms in total. The van der Waals surface area contributed by atoms with E-state index in [-0.39, 0.29) is 12.6 Å². The molecule has 0 atom stereocenters. The smallest absolute Gasteiger partial charge is 0.337 e. The van der Waals surface area contributed by atoms with Crippen LogP contribution in [0.1, 0.15) is 22.3 Å². The second kappa shape index (κ2) is 7.38. The van der Waals surface area contributed by atoms with Crippen LogP contribution in [-0.2, 0) is 4.74 Å². The molecular formula is C13H18N2O4. The van der Waals surface area contributed by atoms with E-state index in [1.165, 1.54) is 7.11 Å². The number of esters is 1. The average Bonchev–Trinajstić information content (AvgIpc) is 2.40. The van der Waals surface area contributed by atoms with Gasteiger partial charge in [0.15, 0.2) is 0 Å². The summed E-state index contributed by atoms with van der Waals surface area (Å²) in [6.07, 6.45) is 0.495. The van der Waals surface area contributed by atoms with Gasteiger partial charge in [-0.1, -0.05) is 6.07 Å². The van der Waals surface area contributed by atoms with Crippen molar-refractivity contribution in [2.75, 3.05) is 25.6 Å². The quantitative estimate of drug-likeness (QED) is 0.553. The van der Waals surface area contributed by atoms with E-state index < -0.39 is 5.97 Å². The third-order valence-corrected chi connectivity index (χ3v) is 2.53. The summed E-state index contributed by atoms with van der Waals surface area (Å²) in [4.78, 5) is 23.0. The molecule has 0 aliphatic rings. The van der Waals surface area contributed by atoms with Gasteiger partial charge in [-0.05, 0) is 31.0 Å². The van der Waals surface area contributed by atoms with Gasteiger partial charge in [0.25, 0.3) is 0 Å². The molecule has 3 N–H and O–H groups in total. The van der Waals surface area contributed by atoms with Gasteiger partial charge in [-0.15, -0.1) is 0 Å². The maximum absolute atomic E-state index is 11.6. The summed E-state index contributed by atoms with van der Waals surface area (Å²) in [7, 11) is 1.30. The number of hydrogen-bond acceptors (Lipinski definition) is 4. The molecule has 0 saturated heterocycles. The Morgan fingerprint density at radius 2 is 2.11 bits per heavy atom. The Hall–Kier alpha value is -2.08. The van der Waals surface area contributed by atoms with E-state index in [1.807, 2.05) is 6.92 Å². The second-order valence-corrected chi connectivity index (χ2v) is 3.98.